The van der Waals surface area contributed by atoms with Crippen LogP contribution in [0.2, 0.25) is 0 Å². The highest BCUT2D eigenvalue weighted by Gasteiger charge is 2.05. The van der Waals surface area contributed by atoms with Crippen LogP contribution < -0.4 is 5.73 Å². The van der Waals surface area contributed by atoms with Crippen LogP contribution in [0.1, 0.15) is 22.3 Å². The molecule has 2 N–H and O–H groups in total. The monoisotopic (exact) mass is 477 g/mol. The van der Waals surface area contributed by atoms with Crippen LogP contribution in [0, 0.1) is 6.92 Å². The van der Waals surface area contributed by atoms with E-state index in [2.05, 4.69) is 140 Å². The van der Waals surface area contributed by atoms with Crippen molar-refractivity contribution in [3.05, 3.63) is 168 Å². The summed E-state index contributed by atoms with van der Waals surface area (Å²) in [5.41, 5.74) is 18.1. The lowest BCUT2D eigenvalue weighted by molar-refractivity contribution is 1.27. The summed E-state index contributed by atoms with van der Waals surface area (Å²) < 4.78 is 0. The van der Waals surface area contributed by atoms with E-state index in [1.54, 1.807) is 0 Å². The fraction of sp³-hybridized carbons (Fsp3) is 0.0556. The third kappa shape index (κ3) is 6.15. The molecule has 0 atom stereocenters. The van der Waals surface area contributed by atoms with E-state index >= 15 is 0 Å². The van der Waals surface area contributed by atoms with Gasteiger partial charge in [0.1, 0.15) is 0 Å². The van der Waals surface area contributed by atoms with Gasteiger partial charge in [-0.25, -0.2) is 0 Å². The second kappa shape index (κ2) is 11.4. The SMILES string of the molecule is Cc1ccc(-c2cccc(C/C=C(\C=C(/N)c3ccc(-c4ccccc4)cc3)c3ccccc3)c2)cc1. The standard InChI is InChI=1S/C36H31N/c1-27-15-18-32(19-16-27)34-14-8-9-28(25-34)17-20-35(30-12-6-3-7-13-30)26-36(37)33-23-21-31(22-24-33)29-10-4-2-5-11-29/h2-16,18-26H,17,37H2,1H3/b35-20+,36-26-. The Kier molecular flexibility index (Phi) is 7.43. The van der Waals surface area contributed by atoms with Gasteiger partial charge in [-0.2, -0.15) is 0 Å². The smallest absolute Gasteiger partial charge is 0.0393 e. The Morgan fingerprint density at radius 3 is 1.84 bits per heavy atom. The first-order chi connectivity index (χ1) is 18.2. The van der Waals surface area contributed by atoms with Crippen molar-refractivity contribution in [1.29, 1.82) is 0 Å². The molecule has 0 radical (unpaired) electrons. The summed E-state index contributed by atoms with van der Waals surface area (Å²) in [5, 5.41) is 0. The molecule has 5 rings (SSSR count). The summed E-state index contributed by atoms with van der Waals surface area (Å²) in [6.07, 6.45) is 5.19. The van der Waals surface area contributed by atoms with E-state index in [1.165, 1.54) is 33.4 Å². The zero-order chi connectivity index (χ0) is 25.5. The molecule has 0 amide bonds. The number of rotatable bonds is 7. The normalized spacial score (nSPS) is 11.9. The third-order valence-corrected chi connectivity index (χ3v) is 6.61. The Bertz CT molecular complexity index is 1510. The maximum atomic E-state index is 6.62. The van der Waals surface area contributed by atoms with Gasteiger partial charge in [-0.3, -0.25) is 0 Å². The van der Waals surface area contributed by atoms with E-state index in [-0.39, 0.29) is 0 Å². The maximum absolute atomic E-state index is 6.62. The van der Waals surface area contributed by atoms with Crippen molar-refractivity contribution in [3.8, 4) is 22.3 Å². The van der Waals surface area contributed by atoms with Gasteiger partial charge in [0.2, 0.25) is 0 Å². The molecule has 180 valence electrons. The van der Waals surface area contributed by atoms with Crippen molar-refractivity contribution >= 4 is 11.3 Å². The summed E-state index contributed by atoms with van der Waals surface area (Å²) in [7, 11) is 0. The molecule has 0 aromatic heterocycles. The summed E-state index contributed by atoms with van der Waals surface area (Å²) in [4.78, 5) is 0. The lowest BCUT2D eigenvalue weighted by atomic mass is 9.97. The molecule has 0 saturated carbocycles. The highest BCUT2D eigenvalue weighted by molar-refractivity contribution is 5.83. The Labute approximate surface area is 220 Å². The third-order valence-electron chi connectivity index (χ3n) is 6.61. The Hall–Kier alpha value is -4.62. The van der Waals surface area contributed by atoms with Gasteiger partial charge < -0.3 is 5.73 Å². The van der Waals surface area contributed by atoms with E-state index in [1.807, 2.05) is 12.1 Å². The average molecular weight is 478 g/mol. The van der Waals surface area contributed by atoms with Gasteiger partial charge in [-0.1, -0.05) is 145 Å². The van der Waals surface area contributed by atoms with E-state index < -0.39 is 0 Å². The van der Waals surface area contributed by atoms with Gasteiger partial charge in [0.05, 0.1) is 0 Å². The van der Waals surface area contributed by atoms with Crippen molar-refractivity contribution in [1.82, 2.24) is 0 Å². The number of aryl methyl sites for hydroxylation is 1. The van der Waals surface area contributed by atoms with Crippen LogP contribution in [0.4, 0.5) is 0 Å². The van der Waals surface area contributed by atoms with Gasteiger partial charge in [-0.15, -0.1) is 0 Å². The van der Waals surface area contributed by atoms with Crippen LogP contribution in [0.5, 0.6) is 0 Å². The molecule has 37 heavy (non-hydrogen) atoms. The highest BCUT2D eigenvalue weighted by atomic mass is 14.6. The van der Waals surface area contributed by atoms with Crippen LogP contribution >= 0.6 is 0 Å². The second-order valence-electron chi connectivity index (χ2n) is 9.34. The largest absolute Gasteiger partial charge is 0.398 e. The molecule has 5 aromatic carbocycles. The zero-order valence-corrected chi connectivity index (χ0v) is 21.1. The van der Waals surface area contributed by atoms with Crippen molar-refractivity contribution in [2.24, 2.45) is 5.73 Å². The minimum absolute atomic E-state index is 0.753. The lowest BCUT2D eigenvalue weighted by Crippen LogP contribution is -1.97. The lowest BCUT2D eigenvalue weighted by Gasteiger charge is -2.09. The number of allylic oxidation sites excluding steroid dienone is 3. The molecule has 0 aliphatic carbocycles. The molecule has 0 spiro atoms. The molecule has 0 bridgehead atoms. The first-order valence-corrected chi connectivity index (χ1v) is 12.7. The number of benzene rings is 5. The van der Waals surface area contributed by atoms with Gasteiger partial charge in [0.25, 0.3) is 0 Å². The number of hydrogen-bond acceptors (Lipinski definition) is 1. The minimum atomic E-state index is 0.753. The molecular formula is C36H31N. The first-order valence-electron chi connectivity index (χ1n) is 12.7. The molecule has 0 aliphatic rings. The quantitative estimate of drug-likeness (QED) is 0.233. The van der Waals surface area contributed by atoms with Crippen molar-refractivity contribution in [3.63, 3.8) is 0 Å². The average Bonchev–Trinajstić information content (AvgIpc) is 2.97. The minimum Gasteiger partial charge on any atom is -0.398 e. The maximum Gasteiger partial charge on any atom is 0.0393 e. The summed E-state index contributed by atoms with van der Waals surface area (Å²) in [6, 6.07) is 46.8. The predicted octanol–water partition coefficient (Wildman–Crippen LogP) is 8.95. The molecular weight excluding hydrogens is 446 g/mol. The van der Waals surface area contributed by atoms with E-state index in [0.717, 1.165) is 28.8 Å². The fourth-order valence-corrected chi connectivity index (χ4v) is 4.48. The summed E-state index contributed by atoms with van der Waals surface area (Å²) >= 11 is 0. The van der Waals surface area contributed by atoms with Gasteiger partial charge in [-0.05, 0) is 63.9 Å². The molecule has 5 aromatic rings. The number of nitrogens with two attached hydrogens (primary N) is 1. The molecule has 0 aliphatic heterocycles. The van der Waals surface area contributed by atoms with Gasteiger partial charge in [0.15, 0.2) is 0 Å². The van der Waals surface area contributed by atoms with Crippen LogP contribution in [0.3, 0.4) is 0 Å². The highest BCUT2D eigenvalue weighted by Crippen LogP contribution is 2.25. The van der Waals surface area contributed by atoms with Crippen LogP contribution in [0.25, 0.3) is 33.5 Å². The molecule has 0 heterocycles. The Balaban J connectivity index is 1.42. The molecule has 1 heteroatoms. The Morgan fingerprint density at radius 2 is 1.14 bits per heavy atom. The molecule has 0 unspecified atom stereocenters. The van der Waals surface area contributed by atoms with E-state index in [9.17, 15) is 0 Å². The van der Waals surface area contributed by atoms with Crippen LogP contribution in [0.15, 0.2) is 146 Å². The topological polar surface area (TPSA) is 26.0 Å². The van der Waals surface area contributed by atoms with Crippen LogP contribution in [-0.2, 0) is 6.42 Å². The van der Waals surface area contributed by atoms with Gasteiger partial charge in [0, 0.05) is 5.70 Å². The van der Waals surface area contributed by atoms with Crippen molar-refractivity contribution in [2.75, 3.05) is 0 Å². The second-order valence-corrected chi connectivity index (χ2v) is 9.34. The molecule has 1 nitrogen and oxygen atoms in total. The number of hydrogen-bond donors (Lipinski definition) is 1. The summed E-state index contributed by atoms with van der Waals surface area (Å²) in [5.74, 6) is 0. The Morgan fingerprint density at radius 1 is 0.568 bits per heavy atom. The van der Waals surface area contributed by atoms with E-state index in [0.29, 0.717) is 0 Å². The zero-order valence-electron chi connectivity index (χ0n) is 21.1. The van der Waals surface area contributed by atoms with Crippen molar-refractivity contribution < 1.29 is 0 Å². The molecule has 0 saturated heterocycles. The molecule has 0 fully saturated rings. The first kappa shape index (κ1) is 24.1. The predicted molar refractivity (Wildman–Crippen MR) is 159 cm³/mol. The van der Waals surface area contributed by atoms with E-state index in [4.69, 9.17) is 5.73 Å². The van der Waals surface area contributed by atoms with Gasteiger partial charge >= 0.3 is 0 Å². The van der Waals surface area contributed by atoms with Crippen LogP contribution in [-0.4, -0.2) is 0 Å². The summed E-state index contributed by atoms with van der Waals surface area (Å²) in [6.45, 7) is 2.12. The fourth-order valence-electron chi connectivity index (χ4n) is 4.48. The van der Waals surface area contributed by atoms with Crippen molar-refractivity contribution in [2.45, 2.75) is 13.3 Å².